The number of rotatable bonds is 7. The second kappa shape index (κ2) is 9.39. The van der Waals surface area contributed by atoms with E-state index in [1.165, 1.54) is 6.33 Å². The molecule has 0 N–H and O–H groups in total. The van der Waals surface area contributed by atoms with Gasteiger partial charge in [-0.05, 0) is 25.5 Å². The number of benzene rings is 1. The Morgan fingerprint density at radius 3 is 2.79 bits per heavy atom. The van der Waals surface area contributed by atoms with E-state index in [0.29, 0.717) is 24.6 Å². The van der Waals surface area contributed by atoms with Gasteiger partial charge in [-0.2, -0.15) is 0 Å². The highest BCUT2D eigenvalue weighted by Crippen LogP contribution is 2.26. The van der Waals surface area contributed by atoms with E-state index in [4.69, 9.17) is 9.47 Å². The number of nitrogens with zero attached hydrogens (tertiary/aromatic N) is 4. The van der Waals surface area contributed by atoms with E-state index < -0.39 is 0 Å². The largest absolute Gasteiger partial charge is 0.497 e. The molecule has 1 aromatic heterocycles. The van der Waals surface area contributed by atoms with Gasteiger partial charge in [-0.3, -0.25) is 4.79 Å². The maximum Gasteiger partial charge on any atom is 0.224 e. The van der Waals surface area contributed by atoms with E-state index in [1.54, 1.807) is 7.11 Å². The molecule has 0 saturated carbocycles. The number of hydrogen-bond donors (Lipinski definition) is 0. The molecule has 0 aliphatic carbocycles. The summed E-state index contributed by atoms with van der Waals surface area (Å²) in [4.78, 5) is 25.1. The van der Waals surface area contributed by atoms with Crippen LogP contribution in [-0.2, 0) is 4.79 Å². The zero-order chi connectivity index (χ0) is 19.9. The molecule has 1 saturated heterocycles. The van der Waals surface area contributed by atoms with Crippen LogP contribution in [0.3, 0.4) is 0 Å². The van der Waals surface area contributed by atoms with Crippen molar-refractivity contribution in [3.05, 3.63) is 36.7 Å². The summed E-state index contributed by atoms with van der Waals surface area (Å²) >= 11 is 0. The van der Waals surface area contributed by atoms with Crippen LogP contribution < -0.4 is 14.4 Å². The monoisotopic (exact) mass is 384 g/mol. The van der Waals surface area contributed by atoms with Gasteiger partial charge in [0, 0.05) is 44.2 Å². The number of hydrogen-bond acceptors (Lipinski definition) is 6. The molecule has 1 atom stereocenters. The summed E-state index contributed by atoms with van der Waals surface area (Å²) in [6.07, 6.45) is 4.13. The van der Waals surface area contributed by atoms with Crippen LogP contribution >= 0.6 is 0 Å². The number of amides is 1. The van der Waals surface area contributed by atoms with Crippen molar-refractivity contribution in [1.82, 2.24) is 14.9 Å². The molecule has 1 aliphatic rings. The first-order valence-corrected chi connectivity index (χ1v) is 9.79. The average molecular weight is 384 g/mol. The molecule has 7 nitrogen and oxygen atoms in total. The fourth-order valence-electron chi connectivity index (χ4n) is 3.35. The van der Waals surface area contributed by atoms with Crippen LogP contribution in [-0.4, -0.2) is 53.6 Å². The number of aromatic nitrogens is 2. The zero-order valence-electron chi connectivity index (χ0n) is 16.8. The number of carbonyl (C=O) groups excluding carboxylic acids is 1. The molecule has 0 unspecified atom stereocenters. The summed E-state index contributed by atoms with van der Waals surface area (Å²) in [5, 5.41) is 0. The van der Waals surface area contributed by atoms with Crippen LogP contribution in [0, 0.1) is 0 Å². The fourth-order valence-corrected chi connectivity index (χ4v) is 3.35. The average Bonchev–Trinajstić information content (AvgIpc) is 2.72. The van der Waals surface area contributed by atoms with Gasteiger partial charge in [0.2, 0.25) is 11.8 Å². The zero-order valence-corrected chi connectivity index (χ0v) is 16.8. The van der Waals surface area contributed by atoms with Gasteiger partial charge in [0.1, 0.15) is 23.6 Å². The van der Waals surface area contributed by atoms with Gasteiger partial charge in [-0.1, -0.05) is 19.4 Å². The van der Waals surface area contributed by atoms with Crippen LogP contribution in [0.4, 0.5) is 5.82 Å². The van der Waals surface area contributed by atoms with Crippen molar-refractivity contribution in [2.45, 2.75) is 39.2 Å². The topological polar surface area (TPSA) is 67.8 Å². The maximum absolute atomic E-state index is 12.4. The smallest absolute Gasteiger partial charge is 0.224 e. The number of piperazine rings is 1. The Balaban J connectivity index is 1.65. The van der Waals surface area contributed by atoms with Crippen molar-refractivity contribution < 1.29 is 14.3 Å². The highest BCUT2D eigenvalue weighted by Gasteiger charge is 2.27. The van der Waals surface area contributed by atoms with E-state index in [-0.39, 0.29) is 11.9 Å². The lowest BCUT2D eigenvalue weighted by molar-refractivity contribution is -0.133. The third-order valence-corrected chi connectivity index (χ3v) is 4.91. The summed E-state index contributed by atoms with van der Waals surface area (Å²) in [6, 6.07) is 9.38. The van der Waals surface area contributed by atoms with E-state index in [1.807, 2.05) is 35.2 Å². The van der Waals surface area contributed by atoms with Crippen molar-refractivity contribution in [2.75, 3.05) is 31.6 Å². The van der Waals surface area contributed by atoms with Gasteiger partial charge < -0.3 is 19.3 Å². The summed E-state index contributed by atoms with van der Waals surface area (Å²) in [7, 11) is 1.62. The second-order valence-corrected chi connectivity index (χ2v) is 6.98. The van der Waals surface area contributed by atoms with Crippen molar-refractivity contribution in [3.8, 4) is 17.4 Å². The van der Waals surface area contributed by atoms with Crippen LogP contribution in [0.15, 0.2) is 36.7 Å². The normalized spacial score (nSPS) is 16.8. The molecule has 2 heterocycles. The first-order chi connectivity index (χ1) is 13.6. The number of ether oxygens (including phenoxy) is 2. The lowest BCUT2D eigenvalue weighted by Crippen LogP contribution is -2.54. The molecule has 1 amide bonds. The molecule has 0 radical (unpaired) electrons. The molecular formula is C21H28N4O3. The highest BCUT2D eigenvalue weighted by atomic mass is 16.5. The minimum atomic E-state index is 0.149. The number of unbranched alkanes of at least 4 members (excludes halogenated alkanes) is 1. The lowest BCUT2D eigenvalue weighted by Gasteiger charge is -2.40. The minimum Gasteiger partial charge on any atom is -0.497 e. The molecule has 150 valence electrons. The predicted molar refractivity (Wildman–Crippen MR) is 108 cm³/mol. The minimum absolute atomic E-state index is 0.149. The summed E-state index contributed by atoms with van der Waals surface area (Å²) in [5.74, 6) is 2.92. The molecular weight excluding hydrogens is 356 g/mol. The van der Waals surface area contributed by atoms with Gasteiger partial charge in [-0.15, -0.1) is 0 Å². The molecule has 1 aliphatic heterocycles. The van der Waals surface area contributed by atoms with Gasteiger partial charge in [-0.25, -0.2) is 9.97 Å². The highest BCUT2D eigenvalue weighted by molar-refractivity contribution is 5.76. The first kappa shape index (κ1) is 19.9. The Bertz CT molecular complexity index is 799. The third kappa shape index (κ3) is 4.91. The van der Waals surface area contributed by atoms with Crippen LogP contribution in [0.2, 0.25) is 0 Å². The molecule has 7 heteroatoms. The summed E-state index contributed by atoms with van der Waals surface area (Å²) in [5.41, 5.74) is 0. The van der Waals surface area contributed by atoms with Gasteiger partial charge in [0.15, 0.2) is 0 Å². The molecule has 3 rings (SSSR count). The van der Waals surface area contributed by atoms with Gasteiger partial charge >= 0.3 is 0 Å². The Hall–Kier alpha value is -2.83. The Morgan fingerprint density at radius 1 is 1.21 bits per heavy atom. The van der Waals surface area contributed by atoms with Crippen molar-refractivity contribution in [1.29, 1.82) is 0 Å². The third-order valence-electron chi connectivity index (χ3n) is 4.91. The summed E-state index contributed by atoms with van der Waals surface area (Å²) in [6.45, 7) is 6.39. The van der Waals surface area contributed by atoms with Crippen LogP contribution in [0.5, 0.6) is 17.4 Å². The Labute approximate surface area is 166 Å². The van der Waals surface area contributed by atoms with E-state index in [2.05, 4.69) is 28.7 Å². The van der Waals surface area contributed by atoms with Crippen molar-refractivity contribution >= 4 is 11.7 Å². The van der Waals surface area contributed by atoms with Crippen LogP contribution in [0.25, 0.3) is 0 Å². The van der Waals surface area contributed by atoms with E-state index >= 15 is 0 Å². The molecule has 2 aromatic rings. The molecule has 0 spiro atoms. The first-order valence-electron chi connectivity index (χ1n) is 9.79. The maximum atomic E-state index is 12.4. The second-order valence-electron chi connectivity index (χ2n) is 6.98. The lowest BCUT2D eigenvalue weighted by atomic mass is 10.1. The van der Waals surface area contributed by atoms with E-state index in [0.717, 1.165) is 37.5 Å². The summed E-state index contributed by atoms with van der Waals surface area (Å²) < 4.78 is 11.1. The molecule has 1 aromatic carbocycles. The molecule has 1 fully saturated rings. The van der Waals surface area contributed by atoms with Crippen molar-refractivity contribution in [2.24, 2.45) is 0 Å². The number of anilines is 1. The number of carbonyl (C=O) groups is 1. The van der Waals surface area contributed by atoms with Crippen LogP contribution in [0.1, 0.15) is 33.1 Å². The predicted octanol–water partition coefficient (Wildman–Crippen LogP) is 3.50. The standard InChI is InChI=1S/C21H28N4O3/c1-4-5-9-21(26)25-11-10-24(14-16(25)2)19-13-20(23-15-22-19)28-18-8-6-7-17(12-18)27-3/h6-8,12-13,15-16H,4-5,9-11,14H2,1-3H3/t16-/m0/s1. The van der Waals surface area contributed by atoms with Crippen molar-refractivity contribution in [3.63, 3.8) is 0 Å². The Kier molecular flexibility index (Phi) is 6.68. The quantitative estimate of drug-likeness (QED) is 0.728. The van der Waals surface area contributed by atoms with Gasteiger partial charge in [0.25, 0.3) is 0 Å². The number of methoxy groups -OCH3 is 1. The fraction of sp³-hybridized carbons (Fsp3) is 0.476. The molecule has 0 bridgehead atoms. The van der Waals surface area contributed by atoms with Gasteiger partial charge in [0.05, 0.1) is 7.11 Å². The SMILES string of the molecule is CCCCC(=O)N1CCN(c2cc(Oc3cccc(OC)c3)ncn2)C[C@@H]1C. The molecule has 28 heavy (non-hydrogen) atoms. The van der Waals surface area contributed by atoms with E-state index in [9.17, 15) is 4.79 Å². The Morgan fingerprint density at radius 2 is 2.04 bits per heavy atom.